The number of hydrogen-bond acceptors (Lipinski definition) is 1. The molecule has 0 aliphatic rings. The van der Waals surface area contributed by atoms with Gasteiger partial charge in [-0.1, -0.05) is 32.8 Å². The van der Waals surface area contributed by atoms with Crippen molar-refractivity contribution in [2.24, 2.45) is 5.41 Å². The van der Waals surface area contributed by atoms with Crippen LogP contribution in [0.3, 0.4) is 0 Å². The maximum Gasteiger partial charge on any atom is 0.129 e. The van der Waals surface area contributed by atoms with E-state index in [4.69, 9.17) is 0 Å². The zero-order valence-electron chi connectivity index (χ0n) is 12.2. The Morgan fingerprint density at radius 3 is 2.47 bits per heavy atom. The van der Waals surface area contributed by atoms with Gasteiger partial charge in [0.2, 0.25) is 0 Å². The molecule has 1 aromatic carbocycles. The fourth-order valence-corrected chi connectivity index (χ4v) is 2.66. The fourth-order valence-electron chi connectivity index (χ4n) is 2.66. The summed E-state index contributed by atoms with van der Waals surface area (Å²) in [6.07, 6.45) is 4.99. The average Bonchev–Trinajstić information content (AvgIpc) is 2.39. The Morgan fingerprint density at radius 1 is 1.21 bits per heavy atom. The minimum atomic E-state index is -0.509. The number of benzene rings is 1. The fraction of sp³-hybridized carbons (Fsp3) is 0.625. The quantitative estimate of drug-likeness (QED) is 0.741. The van der Waals surface area contributed by atoms with Gasteiger partial charge in [-0.3, -0.25) is 0 Å². The largest absolute Gasteiger partial charge is 0.319 e. The Balaban J connectivity index is 2.91. The smallest absolute Gasteiger partial charge is 0.129 e. The van der Waals surface area contributed by atoms with Crippen LogP contribution in [0, 0.1) is 17.0 Å². The van der Waals surface area contributed by atoms with E-state index in [-0.39, 0.29) is 5.41 Å². The predicted octanol–water partition coefficient (Wildman–Crippen LogP) is 4.31. The molecule has 1 atom stereocenters. The van der Waals surface area contributed by atoms with Gasteiger partial charge in [-0.15, -0.1) is 0 Å². The molecule has 1 rings (SSSR count). The molecule has 1 aromatic rings. The molecule has 1 unspecified atom stereocenters. The van der Waals surface area contributed by atoms with E-state index in [0.29, 0.717) is 12.0 Å². The van der Waals surface area contributed by atoms with Crippen LogP contribution in [0.1, 0.15) is 45.1 Å². The number of halogens is 2. The van der Waals surface area contributed by atoms with Gasteiger partial charge < -0.3 is 5.32 Å². The summed E-state index contributed by atoms with van der Waals surface area (Å²) in [7, 11) is 1.93. The van der Waals surface area contributed by atoms with Crippen molar-refractivity contribution in [1.82, 2.24) is 5.32 Å². The van der Waals surface area contributed by atoms with Gasteiger partial charge in [0, 0.05) is 12.6 Å². The van der Waals surface area contributed by atoms with Crippen LogP contribution < -0.4 is 5.32 Å². The highest BCUT2D eigenvalue weighted by Crippen LogP contribution is 2.33. The zero-order chi connectivity index (χ0) is 14.3. The second kappa shape index (κ2) is 7.59. The van der Waals surface area contributed by atoms with Crippen molar-refractivity contribution in [1.29, 1.82) is 0 Å². The van der Waals surface area contributed by atoms with E-state index in [9.17, 15) is 8.78 Å². The lowest BCUT2D eigenvalue weighted by Gasteiger charge is -2.33. The number of hydrogen-bond donors (Lipinski definition) is 1. The van der Waals surface area contributed by atoms with Crippen molar-refractivity contribution in [3.8, 4) is 0 Å². The third-order valence-corrected chi connectivity index (χ3v) is 3.94. The van der Waals surface area contributed by atoms with E-state index in [0.717, 1.165) is 38.3 Å². The van der Waals surface area contributed by atoms with Crippen LogP contribution in [0.2, 0.25) is 0 Å². The van der Waals surface area contributed by atoms with Gasteiger partial charge in [0.05, 0.1) is 0 Å². The second-order valence-corrected chi connectivity index (χ2v) is 5.40. The van der Waals surface area contributed by atoms with E-state index >= 15 is 0 Å². The molecular formula is C16H25F2N. The van der Waals surface area contributed by atoms with E-state index in [1.807, 2.05) is 7.05 Å². The maximum absolute atomic E-state index is 13.8. The summed E-state index contributed by atoms with van der Waals surface area (Å²) in [5, 5.41) is 3.22. The molecule has 0 saturated carbocycles. The lowest BCUT2D eigenvalue weighted by Crippen LogP contribution is -2.34. The molecular weight excluding hydrogens is 244 g/mol. The standard InChI is InChI=1S/C16H25F2N/c1-4-6-9-16(5-2,12-19-3)11-13-7-8-14(17)10-15(13)18/h7-8,10,19H,4-6,9,11-12H2,1-3H3. The maximum atomic E-state index is 13.8. The van der Waals surface area contributed by atoms with Gasteiger partial charge in [0.1, 0.15) is 11.6 Å². The summed E-state index contributed by atoms with van der Waals surface area (Å²) in [5.41, 5.74) is 0.679. The molecule has 1 nitrogen and oxygen atoms in total. The highest BCUT2D eigenvalue weighted by Gasteiger charge is 2.28. The summed E-state index contributed by atoms with van der Waals surface area (Å²) in [6, 6.07) is 3.91. The molecule has 1 N–H and O–H groups in total. The van der Waals surface area contributed by atoms with Crippen LogP contribution in [0.25, 0.3) is 0 Å². The molecule has 0 fully saturated rings. The van der Waals surface area contributed by atoms with E-state index < -0.39 is 11.6 Å². The Hall–Kier alpha value is -0.960. The summed E-state index contributed by atoms with van der Waals surface area (Å²) < 4.78 is 26.8. The minimum absolute atomic E-state index is 0.0590. The third-order valence-electron chi connectivity index (χ3n) is 3.94. The number of rotatable bonds is 8. The minimum Gasteiger partial charge on any atom is -0.319 e. The van der Waals surface area contributed by atoms with Gasteiger partial charge in [-0.05, 0) is 43.4 Å². The first-order chi connectivity index (χ1) is 9.06. The number of nitrogens with one attached hydrogen (secondary N) is 1. The molecule has 0 saturated heterocycles. The van der Waals surface area contributed by atoms with E-state index in [2.05, 4.69) is 19.2 Å². The summed E-state index contributed by atoms with van der Waals surface area (Å²) >= 11 is 0. The van der Waals surface area contributed by atoms with Gasteiger partial charge in [-0.25, -0.2) is 8.78 Å². The van der Waals surface area contributed by atoms with Crippen molar-refractivity contribution in [2.45, 2.75) is 46.0 Å². The molecule has 0 bridgehead atoms. The molecule has 0 radical (unpaired) electrons. The summed E-state index contributed by atoms with van der Waals surface area (Å²) in [4.78, 5) is 0. The molecule has 108 valence electrons. The lowest BCUT2D eigenvalue weighted by molar-refractivity contribution is 0.232. The third kappa shape index (κ3) is 4.57. The average molecular weight is 269 g/mol. The van der Waals surface area contributed by atoms with Gasteiger partial charge in [0.25, 0.3) is 0 Å². The lowest BCUT2D eigenvalue weighted by atomic mass is 9.75. The van der Waals surface area contributed by atoms with Crippen LogP contribution in [0.15, 0.2) is 18.2 Å². The first-order valence-corrected chi connectivity index (χ1v) is 7.15. The highest BCUT2D eigenvalue weighted by molar-refractivity contribution is 5.20. The first kappa shape index (κ1) is 16.1. The molecule has 0 amide bonds. The molecule has 19 heavy (non-hydrogen) atoms. The van der Waals surface area contributed by atoms with Gasteiger partial charge >= 0.3 is 0 Å². The van der Waals surface area contributed by atoms with Gasteiger partial charge in [0.15, 0.2) is 0 Å². The van der Waals surface area contributed by atoms with Crippen molar-refractivity contribution < 1.29 is 8.78 Å². The Bertz CT molecular complexity index is 392. The molecule has 0 aromatic heterocycles. The first-order valence-electron chi connectivity index (χ1n) is 7.15. The van der Waals surface area contributed by atoms with Crippen molar-refractivity contribution in [2.75, 3.05) is 13.6 Å². The second-order valence-electron chi connectivity index (χ2n) is 5.40. The predicted molar refractivity (Wildman–Crippen MR) is 76.2 cm³/mol. The molecule has 3 heteroatoms. The summed E-state index contributed by atoms with van der Waals surface area (Å²) in [5.74, 6) is -0.934. The zero-order valence-corrected chi connectivity index (χ0v) is 12.2. The highest BCUT2D eigenvalue weighted by atomic mass is 19.1. The number of unbranched alkanes of at least 4 members (excludes halogenated alkanes) is 1. The topological polar surface area (TPSA) is 12.0 Å². The Morgan fingerprint density at radius 2 is 1.95 bits per heavy atom. The van der Waals surface area contributed by atoms with Crippen molar-refractivity contribution >= 4 is 0 Å². The van der Waals surface area contributed by atoms with Crippen LogP contribution in [0.4, 0.5) is 8.78 Å². The van der Waals surface area contributed by atoms with Crippen LogP contribution in [-0.2, 0) is 6.42 Å². The molecule has 0 spiro atoms. The molecule has 0 aliphatic heterocycles. The monoisotopic (exact) mass is 269 g/mol. The molecule has 0 heterocycles. The Labute approximate surface area is 115 Å². The van der Waals surface area contributed by atoms with Crippen molar-refractivity contribution in [3.63, 3.8) is 0 Å². The van der Waals surface area contributed by atoms with E-state index in [1.54, 1.807) is 6.07 Å². The van der Waals surface area contributed by atoms with Crippen LogP contribution in [0.5, 0.6) is 0 Å². The van der Waals surface area contributed by atoms with Gasteiger partial charge in [-0.2, -0.15) is 0 Å². The Kier molecular flexibility index (Phi) is 6.43. The SMILES string of the molecule is CCCCC(CC)(CNC)Cc1ccc(F)cc1F. The van der Waals surface area contributed by atoms with Crippen molar-refractivity contribution in [3.05, 3.63) is 35.4 Å². The molecule has 0 aliphatic carbocycles. The van der Waals surface area contributed by atoms with E-state index in [1.165, 1.54) is 6.07 Å². The normalized spacial score (nSPS) is 14.4. The summed E-state index contributed by atoms with van der Waals surface area (Å²) in [6.45, 7) is 5.17. The van der Waals surface area contributed by atoms with Crippen LogP contribution in [-0.4, -0.2) is 13.6 Å². The van der Waals surface area contributed by atoms with Crippen LogP contribution >= 0.6 is 0 Å².